The van der Waals surface area contributed by atoms with E-state index < -0.39 is 6.18 Å². The van der Waals surface area contributed by atoms with E-state index in [-0.39, 0.29) is 5.92 Å². The smallest absolute Gasteiger partial charge is 0.378 e. The topological polar surface area (TPSA) is 9.23 Å². The Labute approximate surface area is 167 Å². The molecule has 0 heterocycles. The summed E-state index contributed by atoms with van der Waals surface area (Å²) in [7, 11) is 0. The lowest BCUT2D eigenvalue weighted by molar-refractivity contribution is -0.0803. The Bertz CT molecular complexity index is 604. The Morgan fingerprint density at radius 2 is 1.36 bits per heavy atom. The van der Waals surface area contributed by atoms with Crippen molar-refractivity contribution in [1.82, 2.24) is 0 Å². The van der Waals surface area contributed by atoms with Gasteiger partial charge in [-0.3, -0.25) is 0 Å². The molecule has 0 N–H and O–H groups in total. The van der Waals surface area contributed by atoms with Crippen LogP contribution in [0.3, 0.4) is 0 Å². The summed E-state index contributed by atoms with van der Waals surface area (Å²) < 4.78 is 42.9. The summed E-state index contributed by atoms with van der Waals surface area (Å²) in [6.45, 7) is 3.02. The van der Waals surface area contributed by atoms with Gasteiger partial charge in [-0.25, -0.2) is 0 Å². The standard InChI is InChI=1S/C24H33F3O/c1-2-17-28-23-13-11-22(12-14-23)21-9-7-20(8-10-21)19-5-3-18(4-6-19)15-16-24(25,26)27/h7-10,15-16,18-19,22-23H,2-6,11-14,17H2,1H3/b16-15+. The van der Waals surface area contributed by atoms with Crippen molar-refractivity contribution in [2.45, 2.75) is 88.8 Å². The normalized spacial score (nSPS) is 29.3. The van der Waals surface area contributed by atoms with Gasteiger partial charge in [-0.1, -0.05) is 37.3 Å². The van der Waals surface area contributed by atoms with Gasteiger partial charge in [0, 0.05) is 12.7 Å². The molecule has 2 saturated carbocycles. The predicted octanol–water partition coefficient (Wildman–Crippen LogP) is 7.53. The first-order valence-corrected chi connectivity index (χ1v) is 10.9. The van der Waals surface area contributed by atoms with Crippen molar-refractivity contribution < 1.29 is 17.9 Å². The molecule has 156 valence electrons. The average Bonchev–Trinajstić information content (AvgIpc) is 2.71. The summed E-state index contributed by atoms with van der Waals surface area (Å²) in [5.74, 6) is 1.20. The molecule has 0 saturated heterocycles. The SMILES string of the molecule is CCCOC1CCC(c2ccc(C3CCC(/C=C/C(F)(F)F)CC3)cc2)CC1. The molecule has 0 amide bonds. The molecule has 28 heavy (non-hydrogen) atoms. The van der Waals surface area contributed by atoms with Crippen LogP contribution in [-0.2, 0) is 4.74 Å². The van der Waals surface area contributed by atoms with Gasteiger partial charge >= 0.3 is 6.18 Å². The molecule has 0 aliphatic heterocycles. The van der Waals surface area contributed by atoms with Crippen LogP contribution in [-0.4, -0.2) is 18.9 Å². The van der Waals surface area contributed by atoms with Gasteiger partial charge < -0.3 is 4.74 Å². The number of allylic oxidation sites excluding steroid dienone is 2. The first kappa shape index (κ1) is 21.4. The van der Waals surface area contributed by atoms with Gasteiger partial charge in [0.05, 0.1) is 6.10 Å². The zero-order chi connectivity index (χ0) is 20.0. The van der Waals surface area contributed by atoms with Gasteiger partial charge in [0.25, 0.3) is 0 Å². The van der Waals surface area contributed by atoms with E-state index in [0.29, 0.717) is 24.0 Å². The van der Waals surface area contributed by atoms with E-state index >= 15 is 0 Å². The van der Waals surface area contributed by atoms with E-state index in [1.807, 2.05) is 0 Å². The minimum atomic E-state index is -4.19. The van der Waals surface area contributed by atoms with Crippen LogP contribution in [0.4, 0.5) is 13.2 Å². The Kier molecular flexibility index (Phi) is 7.62. The zero-order valence-electron chi connectivity index (χ0n) is 16.9. The molecule has 2 aliphatic carbocycles. The second-order valence-corrected chi connectivity index (χ2v) is 8.52. The second kappa shape index (κ2) is 9.96. The minimum Gasteiger partial charge on any atom is -0.378 e. The number of rotatable bonds is 6. The van der Waals surface area contributed by atoms with Crippen LogP contribution in [0, 0.1) is 5.92 Å². The highest BCUT2D eigenvalue weighted by atomic mass is 19.4. The molecule has 0 unspecified atom stereocenters. The van der Waals surface area contributed by atoms with Crippen LogP contribution in [0.25, 0.3) is 0 Å². The van der Waals surface area contributed by atoms with Crippen molar-refractivity contribution in [2.75, 3.05) is 6.61 Å². The van der Waals surface area contributed by atoms with E-state index in [4.69, 9.17) is 4.74 Å². The lowest BCUT2D eigenvalue weighted by atomic mass is 9.77. The van der Waals surface area contributed by atoms with Gasteiger partial charge in [0.15, 0.2) is 0 Å². The lowest BCUT2D eigenvalue weighted by Crippen LogP contribution is -2.21. The maximum atomic E-state index is 12.3. The van der Waals surface area contributed by atoms with Crippen LogP contribution in [0.5, 0.6) is 0 Å². The number of hydrogen-bond acceptors (Lipinski definition) is 1. The summed E-state index contributed by atoms with van der Waals surface area (Å²) in [6.07, 6.45) is 7.47. The first-order valence-electron chi connectivity index (χ1n) is 10.9. The highest BCUT2D eigenvalue weighted by molar-refractivity contribution is 5.28. The maximum Gasteiger partial charge on any atom is 0.409 e. The Morgan fingerprint density at radius 1 is 0.857 bits per heavy atom. The molecule has 1 aromatic carbocycles. The Hall–Kier alpha value is -1.29. The van der Waals surface area contributed by atoms with Crippen molar-refractivity contribution in [3.63, 3.8) is 0 Å². The Balaban J connectivity index is 1.47. The fourth-order valence-corrected chi connectivity index (χ4v) is 4.78. The molecule has 0 spiro atoms. The molecule has 0 bridgehead atoms. The maximum absolute atomic E-state index is 12.3. The van der Waals surface area contributed by atoms with Gasteiger partial charge in [-0.2, -0.15) is 13.2 Å². The van der Waals surface area contributed by atoms with Crippen molar-refractivity contribution in [2.24, 2.45) is 5.92 Å². The van der Waals surface area contributed by atoms with Crippen LogP contribution in [0.1, 0.15) is 87.7 Å². The molecule has 0 atom stereocenters. The minimum absolute atomic E-state index is 0.0715. The van der Waals surface area contributed by atoms with Crippen LogP contribution < -0.4 is 0 Å². The zero-order valence-corrected chi connectivity index (χ0v) is 16.9. The third-order valence-electron chi connectivity index (χ3n) is 6.44. The fraction of sp³-hybridized carbons (Fsp3) is 0.667. The van der Waals surface area contributed by atoms with Crippen LogP contribution in [0.2, 0.25) is 0 Å². The number of benzene rings is 1. The molecule has 2 fully saturated rings. The fourth-order valence-electron chi connectivity index (χ4n) is 4.78. The molecule has 2 aliphatic rings. The van der Waals surface area contributed by atoms with Crippen molar-refractivity contribution in [1.29, 1.82) is 0 Å². The third-order valence-corrected chi connectivity index (χ3v) is 6.44. The first-order chi connectivity index (χ1) is 13.4. The largest absolute Gasteiger partial charge is 0.409 e. The summed E-state index contributed by atoms with van der Waals surface area (Å²) in [4.78, 5) is 0. The average molecular weight is 395 g/mol. The number of ether oxygens (including phenoxy) is 1. The molecule has 1 nitrogen and oxygen atoms in total. The van der Waals surface area contributed by atoms with E-state index in [1.165, 1.54) is 30.0 Å². The summed E-state index contributed by atoms with van der Waals surface area (Å²) in [5, 5.41) is 0. The van der Waals surface area contributed by atoms with E-state index in [9.17, 15) is 13.2 Å². The monoisotopic (exact) mass is 394 g/mol. The highest BCUT2D eigenvalue weighted by Gasteiger charge is 2.26. The van der Waals surface area contributed by atoms with Crippen molar-refractivity contribution >= 4 is 0 Å². The molecule has 3 rings (SSSR count). The molecule has 0 radical (unpaired) electrons. The Morgan fingerprint density at radius 3 is 1.82 bits per heavy atom. The molecule has 1 aromatic rings. The molecule has 4 heteroatoms. The van der Waals surface area contributed by atoms with Crippen LogP contribution in [0.15, 0.2) is 36.4 Å². The van der Waals surface area contributed by atoms with E-state index in [1.54, 1.807) is 0 Å². The lowest BCUT2D eigenvalue weighted by Gasteiger charge is -2.30. The number of hydrogen-bond donors (Lipinski definition) is 0. The van der Waals surface area contributed by atoms with Gasteiger partial charge in [-0.15, -0.1) is 0 Å². The van der Waals surface area contributed by atoms with Crippen molar-refractivity contribution in [3.05, 3.63) is 47.5 Å². The van der Waals surface area contributed by atoms with Crippen molar-refractivity contribution in [3.8, 4) is 0 Å². The van der Waals surface area contributed by atoms with E-state index in [0.717, 1.165) is 51.6 Å². The predicted molar refractivity (Wildman–Crippen MR) is 108 cm³/mol. The van der Waals surface area contributed by atoms with E-state index in [2.05, 4.69) is 31.2 Å². The van der Waals surface area contributed by atoms with Gasteiger partial charge in [0.2, 0.25) is 0 Å². The summed E-state index contributed by atoms with van der Waals surface area (Å²) in [5.41, 5.74) is 2.78. The molecular formula is C24H33F3O. The highest BCUT2D eigenvalue weighted by Crippen LogP contribution is 2.39. The summed E-state index contributed by atoms with van der Waals surface area (Å²) >= 11 is 0. The van der Waals surface area contributed by atoms with Crippen LogP contribution >= 0.6 is 0 Å². The van der Waals surface area contributed by atoms with Gasteiger partial charge in [-0.05, 0) is 86.7 Å². The number of halogens is 3. The number of alkyl halides is 3. The second-order valence-electron chi connectivity index (χ2n) is 8.52. The summed E-state index contributed by atoms with van der Waals surface area (Å²) in [6, 6.07) is 9.07. The third kappa shape index (κ3) is 6.37. The quantitative estimate of drug-likeness (QED) is 0.453. The van der Waals surface area contributed by atoms with Gasteiger partial charge in [0.1, 0.15) is 0 Å². The molecule has 0 aromatic heterocycles. The molecular weight excluding hydrogens is 361 g/mol.